The second-order valence-electron chi connectivity index (χ2n) is 20.0. The van der Waals surface area contributed by atoms with Crippen LogP contribution < -0.4 is 9.47 Å². The number of benzene rings is 4. The SMILES string of the molecule is CCCCCCCCCCCCCCCCCCOc1ccc(C=Nc2ccc(-c3nnc(-c4ccc(N=Cc5ccc(OCCCCCCCCCCCCCCCCCC)cc5)cc4)o3)cc2)cc1. The van der Waals surface area contributed by atoms with Gasteiger partial charge in [0.05, 0.1) is 24.6 Å². The van der Waals surface area contributed by atoms with Crippen LogP contribution in [0, 0.1) is 0 Å². The van der Waals surface area contributed by atoms with Gasteiger partial charge in [-0.1, -0.05) is 206 Å². The van der Waals surface area contributed by atoms with Gasteiger partial charge in [0.25, 0.3) is 0 Å². The molecule has 0 amide bonds. The van der Waals surface area contributed by atoms with E-state index >= 15 is 0 Å². The predicted molar refractivity (Wildman–Crippen MR) is 303 cm³/mol. The number of aliphatic imine (C=N–C) groups is 2. The van der Waals surface area contributed by atoms with Gasteiger partial charge in [-0.15, -0.1) is 10.2 Å². The maximum Gasteiger partial charge on any atom is 0.248 e. The average molecular weight is 965 g/mol. The highest BCUT2D eigenvalue weighted by Crippen LogP contribution is 2.28. The van der Waals surface area contributed by atoms with E-state index in [9.17, 15) is 0 Å². The topological polar surface area (TPSA) is 82.1 Å². The molecule has 0 aliphatic rings. The highest BCUT2D eigenvalue weighted by molar-refractivity contribution is 5.83. The number of hydrogen-bond donors (Lipinski definition) is 0. The van der Waals surface area contributed by atoms with E-state index in [0.29, 0.717) is 11.8 Å². The third kappa shape index (κ3) is 25.8. The maximum atomic E-state index is 6.07. The fourth-order valence-electron chi connectivity index (χ4n) is 9.12. The first-order valence-electron chi connectivity index (χ1n) is 28.8. The Hall–Kier alpha value is -5.04. The van der Waals surface area contributed by atoms with Gasteiger partial charge in [-0.2, -0.15) is 0 Å². The van der Waals surface area contributed by atoms with Crippen LogP contribution in [-0.4, -0.2) is 35.8 Å². The molecule has 5 rings (SSSR count). The van der Waals surface area contributed by atoms with Crippen LogP contribution in [-0.2, 0) is 0 Å². The Balaban J connectivity index is 0.884. The Morgan fingerprint density at radius 1 is 0.338 bits per heavy atom. The first-order chi connectivity index (χ1) is 35.2. The molecule has 0 saturated carbocycles. The number of hydrogen-bond acceptors (Lipinski definition) is 7. The van der Waals surface area contributed by atoms with Crippen LogP contribution in [0.1, 0.15) is 230 Å². The molecule has 71 heavy (non-hydrogen) atoms. The molecule has 386 valence electrons. The van der Waals surface area contributed by atoms with Crippen molar-refractivity contribution >= 4 is 23.8 Å². The minimum Gasteiger partial charge on any atom is -0.494 e. The van der Waals surface area contributed by atoms with Gasteiger partial charge < -0.3 is 13.9 Å². The molecule has 1 heterocycles. The molecule has 0 aliphatic carbocycles. The summed E-state index contributed by atoms with van der Waals surface area (Å²) in [5, 5.41) is 8.64. The molecule has 0 aliphatic heterocycles. The summed E-state index contributed by atoms with van der Waals surface area (Å²) in [7, 11) is 0. The summed E-state index contributed by atoms with van der Waals surface area (Å²) >= 11 is 0. The minimum atomic E-state index is 0.463. The van der Waals surface area contributed by atoms with Crippen LogP contribution in [0.15, 0.2) is 111 Å². The first-order valence-corrected chi connectivity index (χ1v) is 28.8. The second kappa shape index (κ2) is 37.7. The number of aromatic nitrogens is 2. The molecular formula is C64H92N4O3. The molecule has 0 bridgehead atoms. The fraction of sp³-hybridized carbons (Fsp3) is 0.562. The molecule has 7 heteroatoms. The third-order valence-electron chi connectivity index (χ3n) is 13.7. The Morgan fingerprint density at radius 3 is 0.887 bits per heavy atom. The molecule has 0 atom stereocenters. The van der Waals surface area contributed by atoms with E-state index in [2.05, 4.69) is 58.3 Å². The summed E-state index contributed by atoms with van der Waals surface area (Å²) in [6.45, 7) is 6.13. The lowest BCUT2D eigenvalue weighted by Crippen LogP contribution is -1.97. The van der Waals surface area contributed by atoms with Crippen LogP contribution in [0.25, 0.3) is 22.9 Å². The zero-order valence-corrected chi connectivity index (χ0v) is 44.4. The van der Waals surface area contributed by atoms with E-state index in [0.717, 1.165) is 71.2 Å². The smallest absolute Gasteiger partial charge is 0.248 e. The normalized spacial score (nSPS) is 11.6. The van der Waals surface area contributed by atoms with Crippen LogP contribution in [0.2, 0.25) is 0 Å². The lowest BCUT2D eigenvalue weighted by molar-refractivity contribution is 0.304. The lowest BCUT2D eigenvalue weighted by atomic mass is 10.0. The Labute approximate surface area is 431 Å². The number of unbranched alkanes of at least 4 members (excludes halogenated alkanes) is 30. The Bertz CT molecular complexity index is 1940. The Kier molecular flexibility index (Phi) is 30.2. The summed E-state index contributed by atoms with van der Waals surface area (Å²) in [6, 6.07) is 32.0. The van der Waals surface area contributed by atoms with Crippen molar-refractivity contribution in [3.8, 4) is 34.4 Å². The molecule has 1 aromatic heterocycles. The lowest BCUT2D eigenvalue weighted by Gasteiger charge is -2.06. The van der Waals surface area contributed by atoms with Crippen molar-refractivity contribution in [1.29, 1.82) is 0 Å². The van der Waals surface area contributed by atoms with Crippen LogP contribution in [0.3, 0.4) is 0 Å². The van der Waals surface area contributed by atoms with E-state index in [1.165, 1.54) is 193 Å². The highest BCUT2D eigenvalue weighted by atomic mass is 16.5. The largest absolute Gasteiger partial charge is 0.494 e. The second-order valence-corrected chi connectivity index (χ2v) is 20.0. The van der Waals surface area contributed by atoms with Crippen molar-refractivity contribution in [3.05, 3.63) is 108 Å². The van der Waals surface area contributed by atoms with Gasteiger partial charge in [0.2, 0.25) is 11.8 Å². The monoisotopic (exact) mass is 965 g/mol. The Morgan fingerprint density at radius 2 is 0.606 bits per heavy atom. The van der Waals surface area contributed by atoms with E-state index < -0.39 is 0 Å². The number of nitrogens with zero attached hydrogens (tertiary/aromatic N) is 4. The van der Waals surface area contributed by atoms with Crippen molar-refractivity contribution in [3.63, 3.8) is 0 Å². The van der Waals surface area contributed by atoms with Gasteiger partial charge in [-0.25, -0.2) is 0 Å². The predicted octanol–water partition coefficient (Wildman–Crippen LogP) is 20.2. The molecule has 4 aromatic carbocycles. The average Bonchev–Trinajstić information content (AvgIpc) is 3.91. The summed E-state index contributed by atoms with van der Waals surface area (Å²) in [4.78, 5) is 9.36. The molecule has 0 unspecified atom stereocenters. The first kappa shape index (κ1) is 56.9. The van der Waals surface area contributed by atoms with Crippen molar-refractivity contribution in [2.75, 3.05) is 13.2 Å². The number of rotatable bonds is 42. The van der Waals surface area contributed by atoms with E-state index in [1.807, 2.05) is 85.2 Å². The molecule has 0 N–H and O–H groups in total. The molecule has 0 radical (unpaired) electrons. The van der Waals surface area contributed by atoms with Crippen LogP contribution in [0.5, 0.6) is 11.5 Å². The molecule has 0 spiro atoms. The summed E-state index contributed by atoms with van der Waals surface area (Å²) in [6.07, 6.45) is 47.8. The quantitative estimate of drug-likeness (QED) is 0.0287. The van der Waals surface area contributed by atoms with Crippen LogP contribution >= 0.6 is 0 Å². The summed E-state index contributed by atoms with van der Waals surface area (Å²) in [5.74, 6) is 2.75. The van der Waals surface area contributed by atoms with Gasteiger partial charge in [-0.05, 0) is 121 Å². The number of ether oxygens (including phenoxy) is 2. The standard InChI is InChI=1S/C64H92N4O3/c1-3-5-7-9-11-13-15-17-19-21-23-25-27-29-31-33-51-69-61-47-35-55(36-48-61)53-65-59-43-39-57(40-44-59)63-67-68-64(71-63)58-41-45-60(46-42-58)66-54-56-37-49-62(50-38-56)70-52-34-32-30-28-26-24-22-20-18-16-14-12-10-8-6-4-2/h35-50,53-54H,3-34,51-52H2,1-2H3. The maximum absolute atomic E-state index is 6.07. The van der Waals surface area contributed by atoms with Gasteiger partial charge in [0.15, 0.2) is 0 Å². The summed E-state index contributed by atoms with van der Waals surface area (Å²) < 4.78 is 18.1. The highest BCUT2D eigenvalue weighted by Gasteiger charge is 2.11. The molecule has 0 fully saturated rings. The van der Waals surface area contributed by atoms with E-state index in [-0.39, 0.29) is 0 Å². The minimum absolute atomic E-state index is 0.463. The van der Waals surface area contributed by atoms with Crippen molar-refractivity contribution in [2.45, 2.75) is 219 Å². The van der Waals surface area contributed by atoms with Gasteiger partial charge in [0.1, 0.15) is 11.5 Å². The molecule has 0 saturated heterocycles. The van der Waals surface area contributed by atoms with Gasteiger partial charge in [-0.3, -0.25) is 9.98 Å². The zero-order valence-electron chi connectivity index (χ0n) is 44.4. The van der Waals surface area contributed by atoms with E-state index in [1.54, 1.807) is 0 Å². The molecule has 5 aromatic rings. The van der Waals surface area contributed by atoms with Crippen molar-refractivity contribution in [1.82, 2.24) is 10.2 Å². The van der Waals surface area contributed by atoms with Crippen molar-refractivity contribution in [2.24, 2.45) is 9.98 Å². The van der Waals surface area contributed by atoms with Crippen molar-refractivity contribution < 1.29 is 13.9 Å². The molecular weight excluding hydrogens is 873 g/mol. The fourth-order valence-corrected chi connectivity index (χ4v) is 9.12. The van der Waals surface area contributed by atoms with Gasteiger partial charge >= 0.3 is 0 Å². The zero-order chi connectivity index (χ0) is 49.5. The van der Waals surface area contributed by atoms with Gasteiger partial charge in [0, 0.05) is 23.6 Å². The molecule has 7 nitrogen and oxygen atoms in total. The van der Waals surface area contributed by atoms with E-state index in [4.69, 9.17) is 13.9 Å². The third-order valence-corrected chi connectivity index (χ3v) is 13.7. The summed E-state index contributed by atoms with van der Waals surface area (Å²) in [5.41, 5.74) is 5.42. The van der Waals surface area contributed by atoms with Crippen LogP contribution in [0.4, 0.5) is 11.4 Å².